The molecule has 0 aliphatic carbocycles. The minimum atomic E-state index is -3.98. The van der Waals surface area contributed by atoms with E-state index in [1.807, 2.05) is 26.0 Å². The Kier molecular flexibility index (Phi) is 7.26. The molecule has 0 saturated heterocycles. The summed E-state index contributed by atoms with van der Waals surface area (Å²) in [6.45, 7) is 3.88. The summed E-state index contributed by atoms with van der Waals surface area (Å²) in [5.41, 5.74) is 3.34. The van der Waals surface area contributed by atoms with E-state index in [9.17, 15) is 16.8 Å². The van der Waals surface area contributed by atoms with Crippen LogP contribution in [0.5, 0.6) is 11.5 Å². The van der Waals surface area contributed by atoms with Crippen molar-refractivity contribution in [3.63, 3.8) is 0 Å². The number of ether oxygens (including phenoxy) is 2. The predicted molar refractivity (Wildman–Crippen MR) is 116 cm³/mol. The molecule has 2 aromatic carbocycles. The number of sulfone groups is 2. The highest BCUT2D eigenvalue weighted by Crippen LogP contribution is 2.28. The quantitative estimate of drug-likeness (QED) is 0.626. The number of hydrogen-bond acceptors (Lipinski definition) is 6. The molecular weight excluding hydrogens is 412 g/mol. The average Bonchev–Trinajstić information content (AvgIpc) is 2.66. The lowest BCUT2D eigenvalue weighted by Crippen LogP contribution is -2.11. The van der Waals surface area contributed by atoms with E-state index in [2.05, 4.69) is 0 Å². The molecule has 2 rings (SSSR count). The molecule has 0 amide bonds. The van der Waals surface area contributed by atoms with Crippen LogP contribution >= 0.6 is 0 Å². The molecule has 0 fully saturated rings. The molecule has 0 spiro atoms. The SMILES string of the molecule is COc1ccc(/C=C/S(=O)(=O)CS(=O)(=O)/C=C/c2ccc(C)c(C)c2)cc1OC. The van der Waals surface area contributed by atoms with Gasteiger partial charge in [0.05, 0.1) is 14.2 Å². The van der Waals surface area contributed by atoms with Crippen LogP contribution in [-0.4, -0.2) is 36.1 Å². The third-order valence-corrected chi connectivity index (χ3v) is 7.93. The normalized spacial score (nSPS) is 12.6. The highest BCUT2D eigenvalue weighted by Gasteiger charge is 2.17. The molecule has 0 aliphatic rings. The van der Waals surface area contributed by atoms with Gasteiger partial charge in [-0.3, -0.25) is 0 Å². The van der Waals surface area contributed by atoms with Crippen LogP contribution in [0.2, 0.25) is 0 Å². The van der Waals surface area contributed by atoms with Crippen LogP contribution in [0.25, 0.3) is 12.2 Å². The Morgan fingerprint density at radius 2 is 1.24 bits per heavy atom. The summed E-state index contributed by atoms with van der Waals surface area (Å²) in [7, 11) is -4.97. The minimum Gasteiger partial charge on any atom is -0.493 e. The van der Waals surface area contributed by atoms with Gasteiger partial charge in [-0.25, -0.2) is 16.8 Å². The molecule has 29 heavy (non-hydrogen) atoms. The highest BCUT2D eigenvalue weighted by molar-refractivity contribution is 8.10. The molecule has 156 valence electrons. The first-order valence-electron chi connectivity index (χ1n) is 8.66. The molecule has 0 atom stereocenters. The van der Waals surface area contributed by atoms with Crippen LogP contribution in [0.4, 0.5) is 0 Å². The molecule has 0 aromatic heterocycles. The predicted octanol–water partition coefficient (Wildman–Crippen LogP) is 3.75. The summed E-state index contributed by atoms with van der Waals surface area (Å²) in [6.07, 6.45) is 2.72. The lowest BCUT2D eigenvalue weighted by molar-refractivity contribution is 0.355. The summed E-state index contributed by atoms with van der Waals surface area (Å²) in [4.78, 5) is 0. The molecule has 0 saturated carbocycles. The number of hydrogen-bond donors (Lipinski definition) is 0. The van der Waals surface area contributed by atoms with Gasteiger partial charge in [-0.1, -0.05) is 24.3 Å². The van der Waals surface area contributed by atoms with Crippen molar-refractivity contribution in [3.05, 3.63) is 69.5 Å². The highest BCUT2D eigenvalue weighted by atomic mass is 32.3. The fourth-order valence-electron chi connectivity index (χ4n) is 2.50. The van der Waals surface area contributed by atoms with Crippen LogP contribution in [0.15, 0.2) is 47.2 Å². The zero-order valence-electron chi connectivity index (χ0n) is 16.7. The van der Waals surface area contributed by atoms with E-state index in [1.165, 1.54) is 26.4 Å². The Morgan fingerprint density at radius 3 is 1.76 bits per heavy atom. The molecule has 0 radical (unpaired) electrons. The number of benzene rings is 2. The van der Waals surface area contributed by atoms with Gasteiger partial charge in [0.15, 0.2) is 36.3 Å². The van der Waals surface area contributed by atoms with Gasteiger partial charge in [-0.2, -0.15) is 0 Å². The van der Waals surface area contributed by atoms with E-state index >= 15 is 0 Å². The molecule has 6 nitrogen and oxygen atoms in total. The second-order valence-corrected chi connectivity index (χ2v) is 10.6. The van der Waals surface area contributed by atoms with Crippen LogP contribution < -0.4 is 9.47 Å². The Balaban J connectivity index is 2.15. The maximum Gasteiger partial charge on any atom is 0.186 e. The first kappa shape index (κ1) is 22.7. The molecule has 0 N–H and O–H groups in total. The second kappa shape index (κ2) is 9.28. The van der Waals surface area contributed by atoms with Crippen molar-refractivity contribution in [2.75, 3.05) is 19.3 Å². The summed E-state index contributed by atoms with van der Waals surface area (Å²) in [5.74, 6) is 0.947. The van der Waals surface area contributed by atoms with Crippen LogP contribution in [0.1, 0.15) is 22.3 Å². The second-order valence-electron chi connectivity index (χ2n) is 6.51. The van der Waals surface area contributed by atoms with E-state index < -0.39 is 24.8 Å². The molecule has 2 aromatic rings. The van der Waals surface area contributed by atoms with Crippen molar-refractivity contribution in [1.29, 1.82) is 0 Å². The van der Waals surface area contributed by atoms with Gasteiger partial charge in [-0.15, -0.1) is 0 Å². The zero-order valence-corrected chi connectivity index (χ0v) is 18.4. The van der Waals surface area contributed by atoms with Crippen molar-refractivity contribution >= 4 is 31.8 Å². The summed E-state index contributed by atoms with van der Waals surface area (Å²) in [6, 6.07) is 10.4. The fraction of sp³-hybridized carbons (Fsp3) is 0.238. The van der Waals surface area contributed by atoms with Crippen LogP contribution in [0.3, 0.4) is 0 Å². The molecule has 0 unspecified atom stereocenters. The zero-order chi connectivity index (χ0) is 21.7. The minimum absolute atomic E-state index is 0.441. The van der Waals surface area contributed by atoms with Crippen molar-refractivity contribution in [3.8, 4) is 11.5 Å². The average molecular weight is 437 g/mol. The van der Waals surface area contributed by atoms with Crippen LogP contribution in [-0.2, 0) is 19.7 Å². The van der Waals surface area contributed by atoms with Gasteiger partial charge in [0, 0.05) is 10.8 Å². The van der Waals surface area contributed by atoms with E-state index in [0.717, 1.165) is 21.9 Å². The van der Waals surface area contributed by atoms with Crippen molar-refractivity contribution in [2.45, 2.75) is 13.8 Å². The lowest BCUT2D eigenvalue weighted by atomic mass is 10.1. The first-order valence-corrected chi connectivity index (χ1v) is 12.1. The maximum absolute atomic E-state index is 12.3. The standard InChI is InChI=1S/C21H24O6S2/c1-16-5-6-18(13-17(16)2)9-11-28(22,23)15-29(24,25)12-10-19-7-8-20(26-3)21(14-19)27-4/h5-14H,15H2,1-4H3/b11-9+,12-10+. The topological polar surface area (TPSA) is 86.7 Å². The van der Waals surface area contributed by atoms with Crippen molar-refractivity contribution in [1.82, 2.24) is 0 Å². The number of aryl methyl sites for hydroxylation is 2. The van der Waals surface area contributed by atoms with E-state index in [0.29, 0.717) is 22.6 Å². The Bertz CT molecular complexity index is 1140. The van der Waals surface area contributed by atoms with Gasteiger partial charge in [0.1, 0.15) is 0 Å². The molecule has 0 aliphatic heterocycles. The monoisotopic (exact) mass is 436 g/mol. The van der Waals surface area contributed by atoms with Gasteiger partial charge < -0.3 is 9.47 Å². The maximum atomic E-state index is 12.3. The summed E-state index contributed by atoms with van der Waals surface area (Å²) < 4.78 is 59.3. The first-order chi connectivity index (χ1) is 13.5. The summed E-state index contributed by atoms with van der Waals surface area (Å²) >= 11 is 0. The van der Waals surface area contributed by atoms with Gasteiger partial charge in [-0.05, 0) is 60.4 Å². The number of methoxy groups -OCH3 is 2. The molecular formula is C21H24O6S2. The van der Waals surface area contributed by atoms with E-state index in [4.69, 9.17) is 9.47 Å². The fourth-order valence-corrected chi connectivity index (χ4v) is 5.69. The molecule has 8 heteroatoms. The third-order valence-electron chi connectivity index (χ3n) is 4.20. The van der Waals surface area contributed by atoms with Gasteiger partial charge in [0.25, 0.3) is 0 Å². The smallest absolute Gasteiger partial charge is 0.186 e. The van der Waals surface area contributed by atoms with Gasteiger partial charge >= 0.3 is 0 Å². The largest absolute Gasteiger partial charge is 0.493 e. The molecule has 0 bridgehead atoms. The van der Waals surface area contributed by atoms with Crippen molar-refractivity contribution in [2.24, 2.45) is 0 Å². The van der Waals surface area contributed by atoms with Gasteiger partial charge in [0.2, 0.25) is 0 Å². The van der Waals surface area contributed by atoms with Crippen LogP contribution in [0, 0.1) is 13.8 Å². The Labute approximate surface area is 172 Å². The third kappa shape index (κ3) is 6.76. The van der Waals surface area contributed by atoms with Crippen molar-refractivity contribution < 1.29 is 26.3 Å². The Hall–Kier alpha value is -2.58. The lowest BCUT2D eigenvalue weighted by Gasteiger charge is -2.07. The Morgan fingerprint density at radius 1 is 0.724 bits per heavy atom. The van der Waals surface area contributed by atoms with E-state index in [-0.39, 0.29) is 0 Å². The summed E-state index contributed by atoms with van der Waals surface area (Å²) in [5, 5.41) is 0.805. The van der Waals surface area contributed by atoms with E-state index in [1.54, 1.807) is 24.3 Å². The molecule has 0 heterocycles. The number of rotatable bonds is 8.